The second-order valence-corrected chi connectivity index (χ2v) is 5.80. The fourth-order valence-corrected chi connectivity index (χ4v) is 2.87. The topological polar surface area (TPSA) is 39.9 Å². The lowest BCUT2D eigenvalue weighted by Gasteiger charge is -2.06. The molecule has 0 unspecified atom stereocenters. The summed E-state index contributed by atoms with van der Waals surface area (Å²) in [7, 11) is 0. The first-order valence-electron chi connectivity index (χ1n) is 8.11. The molecule has 116 valence electrons. The van der Waals surface area contributed by atoms with E-state index >= 15 is 0 Å². The quantitative estimate of drug-likeness (QED) is 0.520. The Morgan fingerprint density at radius 2 is 2.04 bits per heavy atom. The van der Waals surface area contributed by atoms with Gasteiger partial charge < -0.3 is 4.74 Å². The highest BCUT2D eigenvalue weighted by atomic mass is 16.5. The van der Waals surface area contributed by atoms with Gasteiger partial charge in [-0.15, -0.1) is 0 Å². The third-order valence-electron chi connectivity index (χ3n) is 4.11. The van der Waals surface area contributed by atoms with Gasteiger partial charge in [0.25, 0.3) is 0 Å². The lowest BCUT2D eigenvalue weighted by molar-refractivity contribution is 0.309. The third kappa shape index (κ3) is 2.61. The van der Waals surface area contributed by atoms with E-state index in [-0.39, 0.29) is 0 Å². The second-order valence-electron chi connectivity index (χ2n) is 5.80. The second kappa shape index (κ2) is 5.88. The van der Waals surface area contributed by atoms with Crippen LogP contribution in [0, 0.1) is 0 Å². The minimum absolute atomic E-state index is 0.750. The maximum atomic E-state index is 5.78. The largest absolute Gasteiger partial charge is 0.494 e. The van der Waals surface area contributed by atoms with Crippen LogP contribution in [0.5, 0.6) is 5.75 Å². The molecule has 23 heavy (non-hydrogen) atoms. The fourth-order valence-electron chi connectivity index (χ4n) is 2.87. The minimum atomic E-state index is 0.750. The van der Waals surface area contributed by atoms with Crippen molar-refractivity contribution in [2.75, 3.05) is 6.61 Å². The van der Waals surface area contributed by atoms with Gasteiger partial charge in [-0.1, -0.05) is 49.7 Å². The lowest BCUT2D eigenvalue weighted by atomic mass is 10.1. The van der Waals surface area contributed by atoms with Crippen LogP contribution in [-0.4, -0.2) is 21.4 Å². The Balaban J connectivity index is 1.62. The summed E-state index contributed by atoms with van der Waals surface area (Å²) in [6.07, 6.45) is 2.20. The van der Waals surface area contributed by atoms with E-state index in [9.17, 15) is 0 Å². The summed E-state index contributed by atoms with van der Waals surface area (Å²) in [6.45, 7) is 3.71. The zero-order valence-corrected chi connectivity index (χ0v) is 13.2. The number of ether oxygens (including phenoxy) is 1. The normalized spacial score (nSPS) is 12.0. The average Bonchev–Trinajstić information content (AvgIpc) is 3.13. The van der Waals surface area contributed by atoms with Gasteiger partial charge in [0.05, 0.1) is 13.2 Å². The lowest BCUT2D eigenvalue weighted by Crippen LogP contribution is -1.97. The minimum Gasteiger partial charge on any atom is -0.494 e. The molecular formula is C19H19N3O. The molecule has 1 aromatic heterocycles. The predicted octanol–water partition coefficient (Wildman–Crippen LogP) is 4.15. The summed E-state index contributed by atoms with van der Waals surface area (Å²) in [5.41, 5.74) is 3.46. The van der Waals surface area contributed by atoms with E-state index in [0.717, 1.165) is 49.0 Å². The number of fused-ring (bicyclic) bond motifs is 3. The van der Waals surface area contributed by atoms with Crippen molar-refractivity contribution < 1.29 is 4.74 Å². The summed E-state index contributed by atoms with van der Waals surface area (Å²) in [4.78, 5) is 4.74. The number of hydrogen-bond donors (Lipinski definition) is 0. The Morgan fingerprint density at radius 1 is 1.13 bits per heavy atom. The number of rotatable bonds is 5. The van der Waals surface area contributed by atoms with E-state index in [1.54, 1.807) is 0 Å². The summed E-state index contributed by atoms with van der Waals surface area (Å²) in [5, 5.41) is 4.66. The molecule has 1 aliphatic heterocycles. The number of hydrogen-bond acceptors (Lipinski definition) is 3. The molecule has 1 aliphatic rings. The first-order valence-corrected chi connectivity index (χ1v) is 8.11. The van der Waals surface area contributed by atoms with Gasteiger partial charge in [0.15, 0.2) is 11.6 Å². The van der Waals surface area contributed by atoms with Crippen molar-refractivity contribution in [2.24, 2.45) is 0 Å². The van der Waals surface area contributed by atoms with Crippen molar-refractivity contribution in [3.05, 3.63) is 54.1 Å². The van der Waals surface area contributed by atoms with E-state index < -0.39 is 0 Å². The van der Waals surface area contributed by atoms with Crippen LogP contribution in [0.3, 0.4) is 0 Å². The van der Waals surface area contributed by atoms with E-state index in [4.69, 9.17) is 9.72 Å². The molecule has 0 bridgehead atoms. The Bertz CT molecular complexity index is 838. The monoisotopic (exact) mass is 305 g/mol. The van der Waals surface area contributed by atoms with Gasteiger partial charge >= 0.3 is 0 Å². The zero-order chi connectivity index (χ0) is 15.6. The van der Waals surface area contributed by atoms with Crippen LogP contribution in [0.25, 0.3) is 22.8 Å². The highest BCUT2D eigenvalue weighted by molar-refractivity contribution is 5.68. The number of nitrogens with zero attached hydrogens (tertiary/aromatic N) is 3. The first kappa shape index (κ1) is 14.0. The van der Waals surface area contributed by atoms with Crippen LogP contribution in [0.4, 0.5) is 0 Å². The smallest absolute Gasteiger partial charge is 0.181 e. The molecule has 0 spiro atoms. The van der Waals surface area contributed by atoms with Crippen LogP contribution < -0.4 is 4.74 Å². The molecule has 0 atom stereocenters. The molecule has 4 nitrogen and oxygen atoms in total. The highest BCUT2D eigenvalue weighted by Crippen LogP contribution is 2.32. The molecule has 0 radical (unpaired) electrons. The Hall–Kier alpha value is -2.62. The molecular weight excluding hydrogens is 286 g/mol. The molecule has 0 saturated heterocycles. The summed E-state index contributed by atoms with van der Waals surface area (Å²) in [5.74, 6) is 2.59. The highest BCUT2D eigenvalue weighted by Gasteiger charge is 2.22. The van der Waals surface area contributed by atoms with Gasteiger partial charge in [0, 0.05) is 11.1 Å². The first-order chi connectivity index (χ1) is 11.3. The van der Waals surface area contributed by atoms with Crippen molar-refractivity contribution in [1.82, 2.24) is 14.8 Å². The van der Waals surface area contributed by atoms with E-state index in [1.807, 2.05) is 35.0 Å². The van der Waals surface area contributed by atoms with Gasteiger partial charge in [-0.2, -0.15) is 5.10 Å². The van der Waals surface area contributed by atoms with E-state index in [2.05, 4.69) is 30.2 Å². The molecule has 2 heterocycles. The van der Waals surface area contributed by atoms with Crippen LogP contribution in [0.15, 0.2) is 48.5 Å². The third-order valence-corrected chi connectivity index (χ3v) is 4.11. The SMILES string of the molecule is CCCCOc1cccc(-c2nc3n(n2)Cc2ccccc2-3)c1. The van der Waals surface area contributed by atoms with Crippen LogP contribution in [0.1, 0.15) is 25.3 Å². The Kier molecular flexibility index (Phi) is 3.58. The van der Waals surface area contributed by atoms with E-state index in [0.29, 0.717) is 0 Å². The van der Waals surface area contributed by atoms with Crippen molar-refractivity contribution in [3.8, 4) is 28.5 Å². The Labute approximate surface area is 135 Å². The molecule has 2 aromatic carbocycles. The maximum Gasteiger partial charge on any atom is 0.181 e. The summed E-state index contributed by atoms with van der Waals surface area (Å²) in [6, 6.07) is 16.4. The average molecular weight is 305 g/mol. The molecule has 3 aromatic rings. The predicted molar refractivity (Wildman–Crippen MR) is 90.4 cm³/mol. The Morgan fingerprint density at radius 3 is 2.96 bits per heavy atom. The molecule has 0 saturated carbocycles. The number of benzene rings is 2. The van der Waals surface area contributed by atoms with Crippen molar-refractivity contribution in [3.63, 3.8) is 0 Å². The van der Waals surface area contributed by atoms with Gasteiger partial charge in [-0.3, -0.25) is 0 Å². The molecule has 0 N–H and O–H groups in total. The van der Waals surface area contributed by atoms with Crippen molar-refractivity contribution in [1.29, 1.82) is 0 Å². The fraction of sp³-hybridized carbons (Fsp3) is 0.263. The summed E-state index contributed by atoms with van der Waals surface area (Å²) >= 11 is 0. The zero-order valence-electron chi connectivity index (χ0n) is 13.2. The van der Waals surface area contributed by atoms with Gasteiger partial charge in [-0.05, 0) is 24.1 Å². The number of unbranched alkanes of at least 4 members (excludes halogenated alkanes) is 1. The molecule has 4 heteroatoms. The van der Waals surface area contributed by atoms with Crippen molar-refractivity contribution in [2.45, 2.75) is 26.3 Å². The van der Waals surface area contributed by atoms with Gasteiger partial charge in [-0.25, -0.2) is 9.67 Å². The standard InChI is InChI=1S/C19H19N3O/c1-2-3-11-23-16-9-6-8-14(12-16)18-20-19-17-10-5-4-7-15(17)13-22(19)21-18/h4-10,12H,2-3,11,13H2,1H3. The number of aromatic nitrogens is 3. The molecule has 4 rings (SSSR count). The molecule has 0 amide bonds. The summed E-state index contributed by atoms with van der Waals surface area (Å²) < 4.78 is 7.76. The van der Waals surface area contributed by atoms with Crippen LogP contribution in [0.2, 0.25) is 0 Å². The van der Waals surface area contributed by atoms with Crippen molar-refractivity contribution >= 4 is 0 Å². The van der Waals surface area contributed by atoms with Crippen LogP contribution in [-0.2, 0) is 6.54 Å². The maximum absolute atomic E-state index is 5.78. The van der Waals surface area contributed by atoms with E-state index in [1.165, 1.54) is 11.1 Å². The van der Waals surface area contributed by atoms with Crippen LogP contribution >= 0.6 is 0 Å². The van der Waals surface area contributed by atoms with Gasteiger partial charge in [0.1, 0.15) is 5.75 Å². The van der Waals surface area contributed by atoms with Gasteiger partial charge in [0.2, 0.25) is 0 Å². The molecule has 0 aliphatic carbocycles. The molecule has 0 fully saturated rings.